The number of unbranched alkanes of at least 4 members (excludes halogenated alkanes) is 1. The minimum atomic E-state index is -0.136. The van der Waals surface area contributed by atoms with E-state index in [1.54, 1.807) is 18.2 Å². The Bertz CT molecular complexity index is 364. The molecule has 2 nitrogen and oxygen atoms in total. The van der Waals surface area contributed by atoms with Crippen molar-refractivity contribution in [3.63, 3.8) is 0 Å². The molecule has 0 unspecified atom stereocenters. The van der Waals surface area contributed by atoms with Gasteiger partial charge in [0, 0.05) is 17.2 Å². The predicted molar refractivity (Wildman–Crippen MR) is 66.5 cm³/mol. The molecule has 0 fully saturated rings. The highest BCUT2D eigenvalue weighted by Crippen LogP contribution is 2.21. The lowest BCUT2D eigenvalue weighted by Crippen LogP contribution is -2.10. The molecule has 0 heterocycles. The van der Waals surface area contributed by atoms with Crippen molar-refractivity contribution in [1.29, 1.82) is 0 Å². The number of ketones is 1. The molecule has 4 heteroatoms. The lowest BCUT2D eigenvalue weighted by atomic mass is 10.1. The molecule has 0 spiro atoms. The maximum Gasteiger partial charge on any atom is 0.190 e. The van der Waals surface area contributed by atoms with Gasteiger partial charge in [-0.3, -0.25) is 4.79 Å². The first-order chi connectivity index (χ1) is 7.65. The van der Waals surface area contributed by atoms with E-state index in [9.17, 15) is 4.79 Å². The first kappa shape index (κ1) is 13.5. The zero-order valence-corrected chi connectivity index (χ0v) is 10.6. The maximum absolute atomic E-state index is 11.7. The number of hydrogen-bond acceptors (Lipinski definition) is 2. The van der Waals surface area contributed by atoms with Crippen molar-refractivity contribution < 1.29 is 9.53 Å². The van der Waals surface area contributed by atoms with E-state index in [2.05, 4.69) is 6.92 Å². The number of rotatable bonds is 6. The van der Waals surface area contributed by atoms with Crippen molar-refractivity contribution in [2.75, 3.05) is 13.2 Å². The number of hydrogen-bond donors (Lipinski definition) is 0. The van der Waals surface area contributed by atoms with Crippen molar-refractivity contribution >= 4 is 29.0 Å². The van der Waals surface area contributed by atoms with Gasteiger partial charge in [0.25, 0.3) is 0 Å². The van der Waals surface area contributed by atoms with Gasteiger partial charge in [-0.1, -0.05) is 36.5 Å². The van der Waals surface area contributed by atoms with E-state index < -0.39 is 0 Å². The highest BCUT2D eigenvalue weighted by Gasteiger charge is 2.10. The van der Waals surface area contributed by atoms with Gasteiger partial charge in [0.1, 0.15) is 6.61 Å². The molecule has 0 aromatic heterocycles. The Balaban J connectivity index is 2.55. The molecule has 1 aromatic rings. The highest BCUT2D eigenvalue weighted by atomic mass is 35.5. The number of ether oxygens (including phenoxy) is 1. The second kappa shape index (κ2) is 6.89. The molecule has 0 N–H and O–H groups in total. The summed E-state index contributed by atoms with van der Waals surface area (Å²) in [6, 6.07) is 4.83. The third-order valence-corrected chi connectivity index (χ3v) is 2.67. The van der Waals surface area contributed by atoms with Crippen LogP contribution in [0.1, 0.15) is 30.1 Å². The van der Waals surface area contributed by atoms with Gasteiger partial charge in [0.2, 0.25) is 0 Å². The molecule has 0 aliphatic carbocycles. The van der Waals surface area contributed by atoms with Crippen LogP contribution in [0.25, 0.3) is 0 Å². The molecule has 1 rings (SSSR count). The monoisotopic (exact) mass is 260 g/mol. The van der Waals surface area contributed by atoms with E-state index in [0.717, 1.165) is 12.8 Å². The van der Waals surface area contributed by atoms with E-state index in [1.807, 2.05) is 0 Å². The molecule has 0 radical (unpaired) electrons. The Morgan fingerprint density at radius 3 is 2.81 bits per heavy atom. The van der Waals surface area contributed by atoms with Crippen LogP contribution in [0, 0.1) is 0 Å². The SMILES string of the molecule is CCCCOCC(=O)c1cc(Cl)ccc1Cl. The average molecular weight is 261 g/mol. The summed E-state index contributed by atoms with van der Waals surface area (Å²) in [7, 11) is 0. The van der Waals surface area contributed by atoms with Crippen LogP contribution in [0.5, 0.6) is 0 Å². The van der Waals surface area contributed by atoms with Crippen LogP contribution < -0.4 is 0 Å². The summed E-state index contributed by atoms with van der Waals surface area (Å²) in [5, 5.41) is 0.912. The molecular formula is C12H14Cl2O2. The summed E-state index contributed by atoms with van der Waals surface area (Å²) >= 11 is 11.7. The standard InChI is InChI=1S/C12H14Cl2O2/c1-2-3-6-16-8-12(15)10-7-9(13)4-5-11(10)14/h4-5,7H,2-3,6,8H2,1H3. The predicted octanol–water partition coefficient (Wildman–Crippen LogP) is 3.99. The third kappa shape index (κ3) is 4.12. The van der Waals surface area contributed by atoms with Crippen LogP contribution in [0.3, 0.4) is 0 Å². The second-order valence-corrected chi connectivity index (χ2v) is 4.30. The smallest absolute Gasteiger partial charge is 0.190 e. The van der Waals surface area contributed by atoms with E-state index >= 15 is 0 Å². The van der Waals surface area contributed by atoms with E-state index in [1.165, 1.54) is 0 Å². The van der Waals surface area contributed by atoms with E-state index in [0.29, 0.717) is 22.2 Å². The Morgan fingerprint density at radius 2 is 2.12 bits per heavy atom. The fourth-order valence-corrected chi connectivity index (χ4v) is 1.60. The Hall–Kier alpha value is -0.570. The molecule has 0 aliphatic rings. The van der Waals surface area contributed by atoms with Gasteiger partial charge in [-0.15, -0.1) is 0 Å². The van der Waals surface area contributed by atoms with Crippen molar-refractivity contribution in [2.24, 2.45) is 0 Å². The van der Waals surface area contributed by atoms with Crippen LogP contribution >= 0.6 is 23.2 Å². The molecule has 0 bridgehead atoms. The van der Waals surface area contributed by atoms with Gasteiger partial charge >= 0.3 is 0 Å². The summed E-state index contributed by atoms with van der Waals surface area (Å²) in [6.45, 7) is 2.72. The quantitative estimate of drug-likeness (QED) is 0.571. The van der Waals surface area contributed by atoms with E-state index in [4.69, 9.17) is 27.9 Å². The van der Waals surface area contributed by atoms with Crippen LogP contribution in [0.15, 0.2) is 18.2 Å². The number of carbonyl (C=O) groups excluding carboxylic acids is 1. The number of halogens is 2. The maximum atomic E-state index is 11.7. The Labute approximate surface area is 106 Å². The zero-order valence-electron chi connectivity index (χ0n) is 9.13. The lowest BCUT2D eigenvalue weighted by Gasteiger charge is -2.05. The molecule has 0 atom stereocenters. The van der Waals surface area contributed by atoms with Gasteiger partial charge in [-0.05, 0) is 24.6 Å². The van der Waals surface area contributed by atoms with Gasteiger partial charge in [-0.25, -0.2) is 0 Å². The topological polar surface area (TPSA) is 26.3 Å². The zero-order chi connectivity index (χ0) is 12.0. The molecule has 0 saturated carbocycles. The number of Topliss-reactive ketones (excluding diaryl/α,β-unsaturated/α-hetero) is 1. The van der Waals surface area contributed by atoms with Crippen LogP contribution in [-0.2, 0) is 4.74 Å². The Morgan fingerprint density at radius 1 is 1.38 bits per heavy atom. The summed E-state index contributed by atoms with van der Waals surface area (Å²) < 4.78 is 5.23. The molecule has 88 valence electrons. The average Bonchev–Trinajstić information content (AvgIpc) is 2.27. The minimum Gasteiger partial charge on any atom is -0.373 e. The highest BCUT2D eigenvalue weighted by molar-refractivity contribution is 6.35. The first-order valence-corrected chi connectivity index (χ1v) is 5.96. The summed E-state index contributed by atoms with van der Waals surface area (Å²) in [5.41, 5.74) is 0.422. The normalized spacial score (nSPS) is 10.4. The largest absolute Gasteiger partial charge is 0.373 e. The van der Waals surface area contributed by atoms with Gasteiger partial charge in [0.05, 0.1) is 5.02 Å². The third-order valence-electron chi connectivity index (χ3n) is 2.10. The second-order valence-electron chi connectivity index (χ2n) is 3.45. The summed E-state index contributed by atoms with van der Waals surface area (Å²) in [6.07, 6.45) is 2.00. The van der Waals surface area contributed by atoms with Crippen molar-refractivity contribution in [2.45, 2.75) is 19.8 Å². The van der Waals surface area contributed by atoms with Crippen LogP contribution in [-0.4, -0.2) is 19.0 Å². The lowest BCUT2D eigenvalue weighted by molar-refractivity contribution is 0.0755. The fourth-order valence-electron chi connectivity index (χ4n) is 1.20. The molecule has 0 saturated heterocycles. The molecule has 0 aliphatic heterocycles. The fraction of sp³-hybridized carbons (Fsp3) is 0.417. The van der Waals surface area contributed by atoms with Crippen molar-refractivity contribution in [1.82, 2.24) is 0 Å². The van der Waals surface area contributed by atoms with Gasteiger partial charge < -0.3 is 4.74 Å². The van der Waals surface area contributed by atoms with Crippen molar-refractivity contribution in [3.8, 4) is 0 Å². The summed E-state index contributed by atoms with van der Waals surface area (Å²) in [5.74, 6) is -0.136. The summed E-state index contributed by atoms with van der Waals surface area (Å²) in [4.78, 5) is 11.7. The van der Waals surface area contributed by atoms with Crippen molar-refractivity contribution in [3.05, 3.63) is 33.8 Å². The molecule has 0 amide bonds. The Kier molecular flexibility index (Phi) is 5.81. The molecule has 16 heavy (non-hydrogen) atoms. The minimum absolute atomic E-state index is 0.0556. The van der Waals surface area contributed by atoms with E-state index in [-0.39, 0.29) is 12.4 Å². The van der Waals surface area contributed by atoms with Gasteiger partial charge in [-0.2, -0.15) is 0 Å². The number of carbonyl (C=O) groups is 1. The van der Waals surface area contributed by atoms with Crippen LogP contribution in [0.4, 0.5) is 0 Å². The molecule has 1 aromatic carbocycles. The molecular weight excluding hydrogens is 247 g/mol. The number of benzene rings is 1. The first-order valence-electron chi connectivity index (χ1n) is 5.21. The van der Waals surface area contributed by atoms with Gasteiger partial charge in [0.15, 0.2) is 5.78 Å². The van der Waals surface area contributed by atoms with Crippen LogP contribution in [0.2, 0.25) is 10.0 Å².